The highest BCUT2D eigenvalue weighted by Crippen LogP contribution is 2.62. The van der Waals surface area contributed by atoms with E-state index in [1.807, 2.05) is 0 Å². The molecule has 8 nitrogen and oxygen atoms in total. The van der Waals surface area contributed by atoms with Crippen molar-refractivity contribution in [2.24, 2.45) is 0 Å². The van der Waals surface area contributed by atoms with Gasteiger partial charge in [0.1, 0.15) is 24.3 Å². The van der Waals surface area contributed by atoms with Gasteiger partial charge in [0.2, 0.25) is 0 Å². The molecular weight excluding hydrogens is 767 g/mol. The molecule has 5 atom stereocenters. The summed E-state index contributed by atoms with van der Waals surface area (Å²) in [5.41, 5.74) is -2.91. The predicted octanol–water partition coefficient (Wildman–Crippen LogP) is 8.87. The number of thioether (sulfide) groups is 1. The number of ether oxygens (including phenoxy) is 5. The van der Waals surface area contributed by atoms with Gasteiger partial charge in [-0.25, -0.2) is 0 Å². The van der Waals surface area contributed by atoms with Gasteiger partial charge in [0, 0.05) is 27.4 Å². The van der Waals surface area contributed by atoms with E-state index in [9.17, 15) is 62.7 Å². The van der Waals surface area contributed by atoms with E-state index in [0.29, 0.717) is 19.8 Å². The lowest BCUT2D eigenvalue weighted by molar-refractivity contribution is -0.433. The summed E-state index contributed by atoms with van der Waals surface area (Å²) in [6.07, 6.45) is -7.47. The maximum atomic E-state index is 15.1. The lowest BCUT2D eigenvalue weighted by atomic mass is 9.98. The minimum absolute atomic E-state index is 0.210. The van der Waals surface area contributed by atoms with Gasteiger partial charge in [0.05, 0.1) is 0 Å². The van der Waals surface area contributed by atoms with Gasteiger partial charge in [0.25, 0.3) is 0 Å². The van der Waals surface area contributed by atoms with Crippen molar-refractivity contribution in [1.29, 1.82) is 0 Å². The third-order valence-corrected chi connectivity index (χ3v) is 8.79. The molecule has 306 valence electrons. The maximum absolute atomic E-state index is 15.1. The Hall–Kier alpha value is -2.23. The van der Waals surface area contributed by atoms with E-state index in [-0.39, 0.29) is 13.0 Å². The zero-order valence-corrected chi connectivity index (χ0v) is 29.3. The van der Waals surface area contributed by atoms with Crippen LogP contribution >= 0.6 is 11.8 Å². The molecule has 0 radical (unpaired) electrons. The Morgan fingerprint density at radius 1 is 0.577 bits per heavy atom. The first-order chi connectivity index (χ1) is 23.7. The first-order valence-electron chi connectivity index (χ1n) is 16.1. The minimum Gasteiger partial charge on any atom is -0.463 e. The summed E-state index contributed by atoms with van der Waals surface area (Å²) in [7, 11) is 0. The SMILES string of the molecule is CCCCCCCCCCCCO[C@@H]1[C@@H](OC(C)=O)[C@H](SC(F)(F)C(F)(F)C(F)(F)C(F)(F)C(F)(F)C(F)(F)F)O[C@H](COC(C)=O)[C@H]1OC(C)=O. The largest absolute Gasteiger partial charge is 0.463 e. The Kier molecular flexibility index (Phi) is 17.8. The van der Waals surface area contributed by atoms with Crippen molar-refractivity contribution in [2.75, 3.05) is 13.2 Å². The molecule has 0 spiro atoms. The molecule has 0 aromatic rings. The van der Waals surface area contributed by atoms with Crippen LogP contribution in [-0.2, 0) is 38.1 Å². The second kappa shape index (κ2) is 19.4. The fraction of sp³-hybridized carbons (Fsp3) is 0.900. The summed E-state index contributed by atoms with van der Waals surface area (Å²) in [5.74, 6) is -35.5. The normalized spacial score (nSPS) is 22.2. The number of esters is 3. The molecule has 0 saturated carbocycles. The zero-order valence-electron chi connectivity index (χ0n) is 28.5. The highest BCUT2D eigenvalue weighted by atomic mass is 32.2. The minimum atomic E-state index is -8.15. The van der Waals surface area contributed by atoms with Gasteiger partial charge in [-0.05, 0) is 18.2 Å². The predicted molar refractivity (Wildman–Crippen MR) is 156 cm³/mol. The molecule has 1 saturated heterocycles. The summed E-state index contributed by atoms with van der Waals surface area (Å²) < 4.78 is 206. The average Bonchev–Trinajstić information content (AvgIpc) is 2.99. The van der Waals surface area contributed by atoms with Crippen molar-refractivity contribution in [1.82, 2.24) is 0 Å². The molecule has 0 bridgehead atoms. The van der Waals surface area contributed by atoms with Crippen LogP contribution in [0.3, 0.4) is 0 Å². The van der Waals surface area contributed by atoms with Crippen LogP contribution in [0.15, 0.2) is 0 Å². The molecule has 0 aliphatic carbocycles. The van der Waals surface area contributed by atoms with Gasteiger partial charge in [-0.2, -0.15) is 57.1 Å². The molecule has 1 aliphatic heterocycles. The maximum Gasteiger partial charge on any atom is 0.460 e. The first kappa shape index (κ1) is 47.8. The van der Waals surface area contributed by atoms with E-state index in [2.05, 4.69) is 6.92 Å². The standard InChI is InChI=1S/C30H41F13O8S/c1-5-6-7-8-9-10-11-12-13-14-15-47-22-21(49-18(3)45)20(16-48-17(2)44)51-24(23(22)50-19(4)46)52-30(42,43)28(37,38)26(33,34)25(31,32)27(35,36)29(39,40)41/h20-24H,5-16H2,1-4H3/t20-,21-,22+,23-,24+/m1/s1. The molecule has 1 heterocycles. The van der Waals surface area contributed by atoms with Gasteiger partial charge >= 0.3 is 53.0 Å². The molecule has 0 N–H and O–H groups in total. The summed E-state index contributed by atoms with van der Waals surface area (Å²) in [4.78, 5) is 35.4. The second-order valence-electron chi connectivity index (χ2n) is 11.9. The number of hydrogen-bond acceptors (Lipinski definition) is 9. The summed E-state index contributed by atoms with van der Waals surface area (Å²) in [6.45, 7) is 2.96. The van der Waals surface area contributed by atoms with Crippen molar-refractivity contribution in [3.63, 3.8) is 0 Å². The molecule has 0 aromatic carbocycles. The monoisotopic (exact) mass is 808 g/mol. The van der Waals surface area contributed by atoms with Gasteiger partial charge < -0.3 is 23.7 Å². The highest BCUT2D eigenvalue weighted by Gasteiger charge is 2.91. The van der Waals surface area contributed by atoms with E-state index in [4.69, 9.17) is 23.7 Å². The third kappa shape index (κ3) is 11.9. The molecule has 1 aliphatic rings. The Labute approximate surface area is 295 Å². The Morgan fingerprint density at radius 2 is 1.02 bits per heavy atom. The van der Waals surface area contributed by atoms with Gasteiger partial charge in [-0.15, -0.1) is 0 Å². The lowest BCUT2D eigenvalue weighted by Crippen LogP contribution is -2.70. The highest BCUT2D eigenvalue weighted by molar-refractivity contribution is 8.00. The van der Waals surface area contributed by atoms with Crippen LogP contribution in [0.5, 0.6) is 0 Å². The first-order valence-corrected chi connectivity index (χ1v) is 17.0. The smallest absolute Gasteiger partial charge is 0.460 e. The number of rotatable bonds is 22. The molecule has 1 fully saturated rings. The topological polar surface area (TPSA) is 97.4 Å². The van der Waals surface area contributed by atoms with Gasteiger partial charge in [-0.3, -0.25) is 14.4 Å². The average molecular weight is 809 g/mol. The number of carbonyl (C=O) groups is 3. The Balaban J connectivity index is 3.47. The summed E-state index contributed by atoms with van der Waals surface area (Å²) >= 11 is -1.82. The van der Waals surface area contributed by atoms with Crippen LogP contribution in [0.2, 0.25) is 0 Å². The zero-order chi connectivity index (χ0) is 40.3. The van der Waals surface area contributed by atoms with Crippen molar-refractivity contribution in [3.05, 3.63) is 0 Å². The van der Waals surface area contributed by atoms with Crippen molar-refractivity contribution in [3.8, 4) is 0 Å². The summed E-state index contributed by atoms with van der Waals surface area (Å²) in [5, 5.41) is -6.70. The number of hydrogen-bond donors (Lipinski definition) is 0. The van der Waals surface area contributed by atoms with Crippen LogP contribution in [0.25, 0.3) is 0 Å². The van der Waals surface area contributed by atoms with Gasteiger partial charge in [0.15, 0.2) is 12.2 Å². The molecule has 0 unspecified atom stereocenters. The Bertz CT molecular complexity index is 1160. The lowest BCUT2D eigenvalue weighted by Gasteiger charge is -2.46. The number of carbonyl (C=O) groups excluding carboxylic acids is 3. The van der Waals surface area contributed by atoms with Crippen LogP contribution in [0, 0.1) is 0 Å². The number of unbranched alkanes of at least 4 members (excludes halogenated alkanes) is 9. The van der Waals surface area contributed by atoms with E-state index in [1.54, 1.807) is 0 Å². The molecule has 0 amide bonds. The van der Waals surface area contributed by atoms with E-state index < -0.39 is 101 Å². The van der Waals surface area contributed by atoms with E-state index >= 15 is 8.78 Å². The van der Waals surface area contributed by atoms with E-state index in [0.717, 1.165) is 58.8 Å². The fourth-order valence-corrected chi connectivity index (χ4v) is 6.04. The second-order valence-corrected chi connectivity index (χ2v) is 13.2. The van der Waals surface area contributed by atoms with Crippen LogP contribution in [-0.4, -0.2) is 96.1 Å². The third-order valence-electron chi connectivity index (χ3n) is 7.62. The number of alkyl halides is 13. The molecule has 1 rings (SSSR count). The molecule has 0 aromatic heterocycles. The van der Waals surface area contributed by atoms with Crippen molar-refractivity contribution >= 4 is 29.7 Å². The number of halogens is 13. The van der Waals surface area contributed by atoms with Crippen LogP contribution in [0.1, 0.15) is 91.9 Å². The van der Waals surface area contributed by atoms with Crippen molar-refractivity contribution < 1.29 is 95.1 Å². The van der Waals surface area contributed by atoms with Crippen molar-refractivity contribution in [2.45, 2.75) is 157 Å². The summed E-state index contributed by atoms with van der Waals surface area (Å²) in [6, 6.07) is 0. The molecule has 52 heavy (non-hydrogen) atoms. The Morgan fingerprint density at radius 3 is 1.46 bits per heavy atom. The van der Waals surface area contributed by atoms with Gasteiger partial charge in [-0.1, -0.05) is 64.7 Å². The van der Waals surface area contributed by atoms with Crippen LogP contribution in [0.4, 0.5) is 57.1 Å². The fourth-order valence-electron chi connectivity index (χ4n) is 4.93. The van der Waals surface area contributed by atoms with Crippen LogP contribution < -0.4 is 0 Å². The van der Waals surface area contributed by atoms with E-state index in [1.165, 1.54) is 0 Å². The molecule has 22 heteroatoms. The quantitative estimate of drug-likeness (QED) is 0.0460. The molecular formula is C30H41F13O8S.